The standard InChI is InChI=1S/C16H22N2O2S2/c1-21-14-4-2-12(3-5-14)10-22-11-15(19)18-8-6-13(7-9-18)16(17)20/h2-5,13H,6-11H2,1H3,(H2,17,20). The van der Waals surface area contributed by atoms with E-state index in [0.717, 1.165) is 5.75 Å². The summed E-state index contributed by atoms with van der Waals surface area (Å²) < 4.78 is 0. The monoisotopic (exact) mass is 338 g/mol. The molecule has 6 heteroatoms. The Kier molecular flexibility index (Phi) is 6.64. The quantitative estimate of drug-likeness (QED) is 0.809. The zero-order valence-corrected chi connectivity index (χ0v) is 14.4. The summed E-state index contributed by atoms with van der Waals surface area (Å²) >= 11 is 3.37. The number of amides is 2. The molecule has 0 unspecified atom stereocenters. The van der Waals surface area contributed by atoms with Crippen LogP contribution in [0.2, 0.25) is 0 Å². The average molecular weight is 338 g/mol. The molecule has 1 aliphatic rings. The van der Waals surface area contributed by atoms with E-state index in [-0.39, 0.29) is 17.7 Å². The van der Waals surface area contributed by atoms with Gasteiger partial charge in [-0.2, -0.15) is 0 Å². The number of piperidine rings is 1. The van der Waals surface area contributed by atoms with Crippen LogP contribution in [0.15, 0.2) is 29.2 Å². The topological polar surface area (TPSA) is 63.4 Å². The smallest absolute Gasteiger partial charge is 0.232 e. The Labute approximate surface area is 140 Å². The molecule has 0 aromatic heterocycles. The predicted octanol–water partition coefficient (Wildman–Crippen LogP) is 2.37. The molecule has 1 fully saturated rings. The number of nitrogens with two attached hydrogens (primary N) is 1. The Morgan fingerprint density at radius 3 is 2.41 bits per heavy atom. The Hall–Kier alpha value is -1.14. The fourth-order valence-electron chi connectivity index (χ4n) is 2.48. The summed E-state index contributed by atoms with van der Waals surface area (Å²) in [6.07, 6.45) is 3.45. The molecule has 2 rings (SSSR count). The molecule has 2 amide bonds. The Bertz CT molecular complexity index is 511. The zero-order valence-electron chi connectivity index (χ0n) is 12.8. The normalized spacial score (nSPS) is 15.8. The maximum atomic E-state index is 12.2. The van der Waals surface area contributed by atoms with Crippen LogP contribution in [0, 0.1) is 5.92 Å². The SMILES string of the molecule is CSc1ccc(CSCC(=O)N2CCC(C(N)=O)CC2)cc1. The molecule has 1 aromatic rings. The van der Waals surface area contributed by atoms with Gasteiger partial charge in [-0.1, -0.05) is 12.1 Å². The van der Waals surface area contributed by atoms with Gasteiger partial charge in [0.15, 0.2) is 0 Å². The first kappa shape index (κ1) is 17.2. The van der Waals surface area contributed by atoms with Crippen molar-refractivity contribution in [3.63, 3.8) is 0 Å². The number of nitrogens with zero attached hydrogens (tertiary/aromatic N) is 1. The van der Waals surface area contributed by atoms with Crippen molar-refractivity contribution in [2.24, 2.45) is 11.7 Å². The Morgan fingerprint density at radius 1 is 1.23 bits per heavy atom. The molecule has 0 bridgehead atoms. The molecule has 0 atom stereocenters. The number of hydrogen-bond acceptors (Lipinski definition) is 4. The van der Waals surface area contributed by atoms with Gasteiger partial charge in [-0.25, -0.2) is 0 Å². The average Bonchev–Trinajstić information content (AvgIpc) is 2.55. The molecule has 0 aliphatic carbocycles. The van der Waals surface area contributed by atoms with Gasteiger partial charge in [-0.3, -0.25) is 9.59 Å². The molecule has 1 aromatic carbocycles. The molecular weight excluding hydrogens is 316 g/mol. The van der Waals surface area contributed by atoms with Gasteiger partial charge in [0.25, 0.3) is 0 Å². The van der Waals surface area contributed by atoms with Crippen LogP contribution in [0.3, 0.4) is 0 Å². The van der Waals surface area contributed by atoms with Crippen LogP contribution in [-0.2, 0) is 15.3 Å². The predicted molar refractivity (Wildman–Crippen MR) is 92.9 cm³/mol. The van der Waals surface area contributed by atoms with Crippen molar-refractivity contribution in [3.05, 3.63) is 29.8 Å². The number of carbonyl (C=O) groups excluding carboxylic acids is 2. The van der Waals surface area contributed by atoms with Gasteiger partial charge in [0.1, 0.15) is 0 Å². The second-order valence-electron chi connectivity index (χ2n) is 5.40. The van der Waals surface area contributed by atoms with Crippen molar-refractivity contribution in [1.29, 1.82) is 0 Å². The van der Waals surface area contributed by atoms with Gasteiger partial charge in [-0.05, 0) is 36.8 Å². The number of likely N-dealkylation sites (tertiary alicyclic amines) is 1. The van der Waals surface area contributed by atoms with E-state index in [4.69, 9.17) is 5.73 Å². The Morgan fingerprint density at radius 2 is 1.86 bits per heavy atom. The fourth-order valence-corrected chi connectivity index (χ4v) is 3.78. The number of rotatable bonds is 6. The minimum atomic E-state index is -0.241. The summed E-state index contributed by atoms with van der Waals surface area (Å²) in [5.74, 6) is 1.19. The van der Waals surface area contributed by atoms with E-state index < -0.39 is 0 Å². The number of primary amides is 1. The van der Waals surface area contributed by atoms with Gasteiger partial charge >= 0.3 is 0 Å². The highest BCUT2D eigenvalue weighted by atomic mass is 32.2. The van der Waals surface area contributed by atoms with Crippen molar-refractivity contribution in [2.45, 2.75) is 23.5 Å². The van der Waals surface area contributed by atoms with Crippen LogP contribution >= 0.6 is 23.5 Å². The van der Waals surface area contributed by atoms with E-state index >= 15 is 0 Å². The van der Waals surface area contributed by atoms with Crippen LogP contribution in [0.25, 0.3) is 0 Å². The highest BCUT2D eigenvalue weighted by molar-refractivity contribution is 7.99. The highest BCUT2D eigenvalue weighted by Gasteiger charge is 2.25. The van der Waals surface area contributed by atoms with Gasteiger partial charge in [0, 0.05) is 29.7 Å². The number of benzene rings is 1. The van der Waals surface area contributed by atoms with E-state index in [2.05, 4.69) is 30.5 Å². The number of hydrogen-bond donors (Lipinski definition) is 1. The van der Waals surface area contributed by atoms with Crippen molar-refractivity contribution in [1.82, 2.24) is 4.90 Å². The molecule has 4 nitrogen and oxygen atoms in total. The Balaban J connectivity index is 1.70. The third kappa shape index (κ3) is 4.95. The summed E-state index contributed by atoms with van der Waals surface area (Å²) in [6, 6.07) is 8.44. The lowest BCUT2D eigenvalue weighted by Gasteiger charge is -2.30. The summed E-state index contributed by atoms with van der Waals surface area (Å²) in [7, 11) is 0. The molecule has 1 saturated heterocycles. The molecular formula is C16H22N2O2S2. The third-order valence-electron chi connectivity index (χ3n) is 3.90. The van der Waals surface area contributed by atoms with Crippen LogP contribution < -0.4 is 5.73 Å². The second-order valence-corrected chi connectivity index (χ2v) is 7.26. The van der Waals surface area contributed by atoms with Crippen LogP contribution in [0.5, 0.6) is 0 Å². The van der Waals surface area contributed by atoms with E-state index in [1.165, 1.54) is 10.5 Å². The summed E-state index contributed by atoms with van der Waals surface area (Å²) in [5.41, 5.74) is 6.54. The third-order valence-corrected chi connectivity index (χ3v) is 5.64. The van der Waals surface area contributed by atoms with Crippen LogP contribution in [0.1, 0.15) is 18.4 Å². The minimum absolute atomic E-state index is 0.0633. The highest BCUT2D eigenvalue weighted by Crippen LogP contribution is 2.20. The summed E-state index contributed by atoms with van der Waals surface area (Å²) in [5, 5.41) is 0. The lowest BCUT2D eigenvalue weighted by Crippen LogP contribution is -2.42. The molecule has 0 radical (unpaired) electrons. The van der Waals surface area contributed by atoms with Crippen LogP contribution in [-0.4, -0.2) is 41.8 Å². The van der Waals surface area contributed by atoms with Gasteiger partial charge in [-0.15, -0.1) is 23.5 Å². The minimum Gasteiger partial charge on any atom is -0.369 e. The second kappa shape index (κ2) is 8.48. The summed E-state index contributed by atoms with van der Waals surface area (Å²) in [6.45, 7) is 1.30. The lowest BCUT2D eigenvalue weighted by atomic mass is 9.96. The van der Waals surface area contributed by atoms with Crippen molar-refractivity contribution in [2.75, 3.05) is 25.1 Å². The summed E-state index contributed by atoms with van der Waals surface area (Å²) in [4.78, 5) is 26.4. The van der Waals surface area contributed by atoms with Crippen LogP contribution in [0.4, 0.5) is 0 Å². The van der Waals surface area contributed by atoms with E-state index in [1.807, 2.05) is 4.90 Å². The van der Waals surface area contributed by atoms with Crippen molar-refractivity contribution >= 4 is 35.3 Å². The van der Waals surface area contributed by atoms with Crippen molar-refractivity contribution < 1.29 is 9.59 Å². The first-order valence-corrected chi connectivity index (χ1v) is 9.76. The van der Waals surface area contributed by atoms with Gasteiger partial charge in [0.2, 0.25) is 11.8 Å². The first-order chi connectivity index (χ1) is 10.6. The molecule has 22 heavy (non-hydrogen) atoms. The molecule has 1 aliphatic heterocycles. The van der Waals surface area contributed by atoms with Crippen molar-refractivity contribution in [3.8, 4) is 0 Å². The molecule has 0 saturated carbocycles. The van der Waals surface area contributed by atoms with E-state index in [0.29, 0.717) is 31.7 Å². The molecule has 2 N–H and O–H groups in total. The van der Waals surface area contributed by atoms with E-state index in [9.17, 15) is 9.59 Å². The number of carbonyl (C=O) groups is 2. The lowest BCUT2D eigenvalue weighted by molar-refractivity contribution is -0.132. The molecule has 1 heterocycles. The largest absolute Gasteiger partial charge is 0.369 e. The fraction of sp³-hybridized carbons (Fsp3) is 0.500. The van der Waals surface area contributed by atoms with E-state index in [1.54, 1.807) is 23.5 Å². The first-order valence-electron chi connectivity index (χ1n) is 7.38. The molecule has 0 spiro atoms. The maximum absolute atomic E-state index is 12.2. The molecule has 120 valence electrons. The maximum Gasteiger partial charge on any atom is 0.232 e. The zero-order chi connectivity index (χ0) is 15.9. The van der Waals surface area contributed by atoms with Gasteiger partial charge in [0.05, 0.1) is 5.75 Å². The van der Waals surface area contributed by atoms with Gasteiger partial charge < -0.3 is 10.6 Å². The number of thioether (sulfide) groups is 2.